The third-order valence-corrected chi connectivity index (χ3v) is 3.98. The SMILES string of the molecule is NCc1ccc(CN2CC(c3ccccc3)C2)c(F)c1. The van der Waals surface area contributed by atoms with Gasteiger partial charge in [-0.2, -0.15) is 0 Å². The Labute approximate surface area is 119 Å². The van der Waals surface area contributed by atoms with Crippen LogP contribution in [0.15, 0.2) is 48.5 Å². The van der Waals surface area contributed by atoms with Gasteiger partial charge in [-0.25, -0.2) is 4.39 Å². The Morgan fingerprint density at radius 2 is 1.85 bits per heavy atom. The molecule has 0 amide bonds. The van der Waals surface area contributed by atoms with Gasteiger partial charge >= 0.3 is 0 Å². The summed E-state index contributed by atoms with van der Waals surface area (Å²) in [5.74, 6) is 0.443. The molecule has 20 heavy (non-hydrogen) atoms. The van der Waals surface area contributed by atoms with Crippen LogP contribution in [0.1, 0.15) is 22.6 Å². The van der Waals surface area contributed by atoms with Crippen molar-refractivity contribution in [1.29, 1.82) is 0 Å². The van der Waals surface area contributed by atoms with Crippen molar-refractivity contribution in [2.24, 2.45) is 5.73 Å². The minimum absolute atomic E-state index is 0.142. The summed E-state index contributed by atoms with van der Waals surface area (Å²) >= 11 is 0. The molecule has 2 aromatic rings. The summed E-state index contributed by atoms with van der Waals surface area (Å²) in [5.41, 5.74) is 8.49. The zero-order chi connectivity index (χ0) is 13.9. The number of hydrogen-bond acceptors (Lipinski definition) is 2. The fourth-order valence-corrected chi connectivity index (χ4v) is 2.72. The van der Waals surface area contributed by atoms with Gasteiger partial charge in [0.15, 0.2) is 0 Å². The standard InChI is InChI=1S/C17H19FN2/c18-17-8-13(9-19)6-7-15(17)10-20-11-16(12-20)14-4-2-1-3-5-14/h1-8,16H,9-12,19H2. The summed E-state index contributed by atoms with van der Waals surface area (Å²) in [6.45, 7) is 3.07. The molecule has 0 radical (unpaired) electrons. The maximum Gasteiger partial charge on any atom is 0.128 e. The largest absolute Gasteiger partial charge is 0.326 e. The molecule has 0 bridgehead atoms. The highest BCUT2D eigenvalue weighted by Crippen LogP contribution is 2.28. The summed E-state index contributed by atoms with van der Waals surface area (Å²) < 4.78 is 13.9. The van der Waals surface area contributed by atoms with E-state index in [1.54, 1.807) is 6.07 Å². The molecule has 0 saturated carbocycles. The molecule has 2 nitrogen and oxygen atoms in total. The zero-order valence-corrected chi connectivity index (χ0v) is 11.4. The Bertz CT molecular complexity index is 577. The van der Waals surface area contributed by atoms with Crippen LogP contribution in [0.25, 0.3) is 0 Å². The lowest BCUT2D eigenvalue weighted by molar-refractivity contribution is 0.138. The van der Waals surface area contributed by atoms with Gasteiger partial charge in [-0.1, -0.05) is 42.5 Å². The average Bonchev–Trinajstić information content (AvgIpc) is 2.44. The second-order valence-electron chi connectivity index (χ2n) is 5.43. The summed E-state index contributed by atoms with van der Waals surface area (Å²) in [6, 6.07) is 15.8. The quantitative estimate of drug-likeness (QED) is 0.925. The average molecular weight is 270 g/mol. The summed E-state index contributed by atoms with van der Waals surface area (Å²) in [6.07, 6.45) is 0. The van der Waals surface area contributed by atoms with Crippen molar-refractivity contribution >= 4 is 0 Å². The highest BCUT2D eigenvalue weighted by molar-refractivity contribution is 5.26. The van der Waals surface area contributed by atoms with Gasteiger partial charge in [-0.3, -0.25) is 4.90 Å². The van der Waals surface area contributed by atoms with Crippen LogP contribution in [-0.2, 0) is 13.1 Å². The van der Waals surface area contributed by atoms with Gasteiger partial charge < -0.3 is 5.73 Å². The maximum absolute atomic E-state index is 13.9. The second kappa shape index (κ2) is 5.73. The van der Waals surface area contributed by atoms with E-state index >= 15 is 0 Å². The van der Waals surface area contributed by atoms with Gasteiger partial charge in [0.2, 0.25) is 0 Å². The number of hydrogen-bond donors (Lipinski definition) is 1. The molecule has 0 spiro atoms. The first-order valence-corrected chi connectivity index (χ1v) is 7.01. The minimum atomic E-state index is -0.142. The van der Waals surface area contributed by atoms with Crippen molar-refractivity contribution in [3.63, 3.8) is 0 Å². The van der Waals surface area contributed by atoms with E-state index in [0.717, 1.165) is 24.2 Å². The lowest BCUT2D eigenvalue weighted by Gasteiger charge is -2.39. The Kier molecular flexibility index (Phi) is 3.81. The fourth-order valence-electron chi connectivity index (χ4n) is 2.72. The predicted octanol–water partition coefficient (Wildman–Crippen LogP) is 2.88. The summed E-state index contributed by atoms with van der Waals surface area (Å²) in [7, 11) is 0. The van der Waals surface area contributed by atoms with E-state index < -0.39 is 0 Å². The summed E-state index contributed by atoms with van der Waals surface area (Å²) in [5, 5.41) is 0. The van der Waals surface area contributed by atoms with Crippen LogP contribution in [0.3, 0.4) is 0 Å². The van der Waals surface area contributed by atoms with E-state index in [2.05, 4.69) is 29.2 Å². The van der Waals surface area contributed by atoms with Crippen molar-refractivity contribution in [3.05, 3.63) is 71.0 Å². The van der Waals surface area contributed by atoms with Crippen molar-refractivity contribution in [1.82, 2.24) is 4.90 Å². The van der Waals surface area contributed by atoms with Crippen LogP contribution in [0.5, 0.6) is 0 Å². The molecular formula is C17H19FN2. The highest BCUT2D eigenvalue weighted by Gasteiger charge is 2.28. The number of likely N-dealkylation sites (tertiary alicyclic amines) is 1. The molecule has 0 aliphatic carbocycles. The minimum Gasteiger partial charge on any atom is -0.326 e. The van der Waals surface area contributed by atoms with E-state index in [1.165, 1.54) is 5.56 Å². The monoisotopic (exact) mass is 270 g/mol. The molecule has 1 heterocycles. The van der Waals surface area contributed by atoms with Crippen LogP contribution >= 0.6 is 0 Å². The van der Waals surface area contributed by atoms with Crippen LogP contribution in [0.4, 0.5) is 4.39 Å². The number of rotatable bonds is 4. The first kappa shape index (κ1) is 13.3. The van der Waals surface area contributed by atoms with E-state index in [-0.39, 0.29) is 5.82 Å². The third kappa shape index (κ3) is 2.74. The Balaban J connectivity index is 1.59. The van der Waals surface area contributed by atoms with Crippen LogP contribution in [0.2, 0.25) is 0 Å². The molecular weight excluding hydrogens is 251 g/mol. The molecule has 2 aromatic carbocycles. The molecule has 0 aromatic heterocycles. The van der Waals surface area contributed by atoms with Crippen molar-refractivity contribution in [2.45, 2.75) is 19.0 Å². The van der Waals surface area contributed by atoms with Gasteiger partial charge in [0.25, 0.3) is 0 Å². The lowest BCUT2D eigenvalue weighted by Crippen LogP contribution is -2.44. The maximum atomic E-state index is 13.9. The molecule has 0 unspecified atom stereocenters. The third-order valence-electron chi connectivity index (χ3n) is 3.98. The fraction of sp³-hybridized carbons (Fsp3) is 0.294. The molecule has 1 fully saturated rings. The zero-order valence-electron chi connectivity index (χ0n) is 11.4. The number of halogens is 1. The Morgan fingerprint density at radius 3 is 2.50 bits per heavy atom. The Hall–Kier alpha value is -1.71. The summed E-state index contributed by atoms with van der Waals surface area (Å²) in [4.78, 5) is 2.28. The molecule has 2 N–H and O–H groups in total. The number of nitrogens with zero attached hydrogens (tertiary/aromatic N) is 1. The molecule has 1 saturated heterocycles. The highest BCUT2D eigenvalue weighted by atomic mass is 19.1. The smallest absolute Gasteiger partial charge is 0.128 e. The van der Waals surface area contributed by atoms with Crippen molar-refractivity contribution in [3.8, 4) is 0 Å². The van der Waals surface area contributed by atoms with Crippen LogP contribution in [-0.4, -0.2) is 18.0 Å². The van der Waals surface area contributed by atoms with Gasteiger partial charge in [0, 0.05) is 37.7 Å². The topological polar surface area (TPSA) is 29.3 Å². The van der Waals surface area contributed by atoms with Gasteiger partial charge in [0.1, 0.15) is 5.82 Å². The molecule has 0 atom stereocenters. The van der Waals surface area contributed by atoms with Crippen LogP contribution < -0.4 is 5.73 Å². The Morgan fingerprint density at radius 1 is 1.10 bits per heavy atom. The van der Waals surface area contributed by atoms with E-state index in [1.807, 2.05) is 18.2 Å². The first-order valence-electron chi connectivity index (χ1n) is 7.01. The molecule has 3 heteroatoms. The lowest BCUT2D eigenvalue weighted by atomic mass is 9.91. The van der Waals surface area contributed by atoms with Gasteiger partial charge in [0.05, 0.1) is 0 Å². The van der Waals surface area contributed by atoms with Gasteiger partial charge in [-0.05, 0) is 17.2 Å². The predicted molar refractivity (Wildman–Crippen MR) is 78.8 cm³/mol. The van der Waals surface area contributed by atoms with Gasteiger partial charge in [-0.15, -0.1) is 0 Å². The normalized spacial score (nSPS) is 16.1. The van der Waals surface area contributed by atoms with E-state index in [0.29, 0.717) is 19.0 Å². The second-order valence-corrected chi connectivity index (χ2v) is 5.43. The van der Waals surface area contributed by atoms with Crippen molar-refractivity contribution < 1.29 is 4.39 Å². The van der Waals surface area contributed by atoms with Crippen LogP contribution in [0, 0.1) is 5.82 Å². The molecule has 1 aliphatic rings. The van der Waals surface area contributed by atoms with E-state index in [4.69, 9.17) is 5.73 Å². The molecule has 1 aliphatic heterocycles. The van der Waals surface area contributed by atoms with Crippen molar-refractivity contribution in [2.75, 3.05) is 13.1 Å². The first-order chi connectivity index (χ1) is 9.76. The molecule has 3 rings (SSSR count). The van der Waals surface area contributed by atoms with E-state index in [9.17, 15) is 4.39 Å². The number of benzene rings is 2. The number of nitrogens with two attached hydrogens (primary N) is 1. The molecule has 104 valence electrons.